The molecule has 1 aliphatic rings. The minimum Gasteiger partial charge on any atom is -0.398 e. The number of benzene rings is 6. The third-order valence-electron chi connectivity index (χ3n) is 9.79. The van der Waals surface area contributed by atoms with Crippen LogP contribution in [0.25, 0.3) is 33.5 Å². The molecule has 0 heterocycles. The molecule has 50 heavy (non-hydrogen) atoms. The van der Waals surface area contributed by atoms with Gasteiger partial charge in [0.15, 0.2) is 0 Å². The average molecular weight is 651 g/mol. The number of nitrogen functional groups attached to an aromatic ring is 1. The molecule has 6 aromatic carbocycles. The van der Waals surface area contributed by atoms with Crippen molar-refractivity contribution in [3.8, 4) is 22.3 Å². The number of nitrogens with zero attached hydrogens (tertiary/aromatic N) is 1. The molecule has 0 amide bonds. The van der Waals surface area contributed by atoms with Crippen LogP contribution in [0.15, 0.2) is 164 Å². The number of allylic oxidation sites excluding steroid dienone is 1. The van der Waals surface area contributed by atoms with Gasteiger partial charge in [0.05, 0.1) is 5.70 Å². The summed E-state index contributed by atoms with van der Waals surface area (Å²) in [4.78, 5) is 4.75. The summed E-state index contributed by atoms with van der Waals surface area (Å²) < 4.78 is 0. The van der Waals surface area contributed by atoms with E-state index in [4.69, 9.17) is 10.7 Å². The summed E-state index contributed by atoms with van der Waals surface area (Å²) in [5, 5.41) is 0. The molecule has 0 bridgehead atoms. The first kappa shape index (κ1) is 34.1. The number of fused-ring (bicyclic) bond motifs is 3. The molecule has 0 aliphatic heterocycles. The first-order valence-corrected chi connectivity index (χ1v) is 17.4. The standard InChI is InChI=1S/C39H36N2.C9H10/c1-26(29-12-6-5-7-13-29)41-27(2)30-21-18-28(19-22-30)20-23-31-14-8-9-15-32(31)35-24-34-33-16-10-11-17-36(33)39(3,4)37(34)25-38(35)40;1-8(2)9-6-4-3-5-7-9/h5-19,21-22,24-25H,2,20,23,40H2,1,3-4H3;3-7H,1H2,2H3. The number of aryl methyl sites for hydroxylation is 2. The molecular formula is C48H46N2. The molecule has 0 fully saturated rings. The Morgan fingerprint density at radius 1 is 0.560 bits per heavy atom. The van der Waals surface area contributed by atoms with Gasteiger partial charge in [0.25, 0.3) is 0 Å². The highest BCUT2D eigenvalue weighted by Crippen LogP contribution is 2.51. The fourth-order valence-electron chi connectivity index (χ4n) is 6.88. The van der Waals surface area contributed by atoms with E-state index in [-0.39, 0.29) is 5.41 Å². The second kappa shape index (κ2) is 14.8. The monoisotopic (exact) mass is 650 g/mol. The summed E-state index contributed by atoms with van der Waals surface area (Å²) in [5.41, 5.74) is 24.0. The lowest BCUT2D eigenvalue weighted by atomic mass is 9.81. The number of anilines is 1. The summed E-state index contributed by atoms with van der Waals surface area (Å²) >= 11 is 0. The molecular weight excluding hydrogens is 605 g/mol. The molecule has 0 radical (unpaired) electrons. The second-order valence-electron chi connectivity index (χ2n) is 13.7. The Balaban J connectivity index is 0.000000419. The van der Waals surface area contributed by atoms with E-state index in [2.05, 4.69) is 136 Å². The van der Waals surface area contributed by atoms with Crippen molar-refractivity contribution in [3.05, 3.63) is 198 Å². The molecule has 248 valence electrons. The van der Waals surface area contributed by atoms with Gasteiger partial charge in [-0.3, -0.25) is 4.99 Å². The minimum atomic E-state index is -0.0545. The van der Waals surface area contributed by atoms with E-state index in [9.17, 15) is 0 Å². The van der Waals surface area contributed by atoms with Crippen LogP contribution in [0, 0.1) is 0 Å². The number of hydrogen-bond donors (Lipinski definition) is 1. The van der Waals surface area contributed by atoms with Crippen molar-refractivity contribution in [2.75, 3.05) is 5.73 Å². The minimum absolute atomic E-state index is 0.0545. The summed E-state index contributed by atoms with van der Waals surface area (Å²) in [7, 11) is 0. The zero-order valence-electron chi connectivity index (χ0n) is 29.7. The van der Waals surface area contributed by atoms with Crippen LogP contribution in [0.4, 0.5) is 5.69 Å². The fraction of sp³-hybridized carbons (Fsp3) is 0.146. The van der Waals surface area contributed by atoms with Crippen LogP contribution >= 0.6 is 0 Å². The van der Waals surface area contributed by atoms with Crippen molar-refractivity contribution in [2.45, 2.75) is 46.0 Å². The first-order chi connectivity index (χ1) is 24.1. The van der Waals surface area contributed by atoms with Gasteiger partial charge < -0.3 is 5.73 Å². The molecule has 0 saturated carbocycles. The Morgan fingerprint density at radius 3 is 1.78 bits per heavy atom. The van der Waals surface area contributed by atoms with Crippen LogP contribution in [-0.2, 0) is 18.3 Å². The third kappa shape index (κ3) is 7.31. The Bertz CT molecular complexity index is 2170. The molecule has 0 spiro atoms. The number of nitrogens with two attached hydrogens (primary N) is 1. The molecule has 0 aromatic heterocycles. The maximum Gasteiger partial charge on any atom is 0.0633 e. The third-order valence-corrected chi connectivity index (χ3v) is 9.79. The summed E-state index contributed by atoms with van der Waals surface area (Å²) in [5.74, 6) is 0. The van der Waals surface area contributed by atoms with Crippen molar-refractivity contribution in [1.82, 2.24) is 0 Å². The van der Waals surface area contributed by atoms with E-state index in [1.165, 1.54) is 44.5 Å². The zero-order chi connectivity index (χ0) is 35.3. The molecule has 2 heteroatoms. The number of hydrogen-bond acceptors (Lipinski definition) is 2. The normalized spacial score (nSPS) is 12.7. The lowest BCUT2D eigenvalue weighted by Crippen LogP contribution is -2.15. The van der Waals surface area contributed by atoms with Crippen LogP contribution in [0.2, 0.25) is 0 Å². The molecule has 6 aromatic rings. The first-order valence-electron chi connectivity index (χ1n) is 17.4. The van der Waals surface area contributed by atoms with Gasteiger partial charge in [-0.2, -0.15) is 0 Å². The SMILES string of the molecule is C=C(C)c1ccccc1.C=C(N=C(C)c1ccccc1)c1ccc(CCc2ccccc2-c2cc3c(cc2N)C(C)(C)c2ccccc2-3)cc1. The molecule has 2 nitrogen and oxygen atoms in total. The molecule has 0 unspecified atom stereocenters. The maximum absolute atomic E-state index is 6.76. The van der Waals surface area contributed by atoms with Gasteiger partial charge in [0.2, 0.25) is 0 Å². The maximum atomic E-state index is 6.76. The van der Waals surface area contributed by atoms with Crippen molar-refractivity contribution in [2.24, 2.45) is 4.99 Å². The molecule has 2 N–H and O–H groups in total. The number of aliphatic imine (C=N–C) groups is 1. The topological polar surface area (TPSA) is 38.4 Å². The van der Waals surface area contributed by atoms with Crippen LogP contribution in [0.3, 0.4) is 0 Å². The predicted octanol–water partition coefficient (Wildman–Crippen LogP) is 12.2. The predicted molar refractivity (Wildman–Crippen MR) is 217 cm³/mol. The Labute approximate surface area is 298 Å². The summed E-state index contributed by atoms with van der Waals surface area (Å²) in [6.07, 6.45) is 1.87. The second-order valence-corrected chi connectivity index (χ2v) is 13.7. The smallest absolute Gasteiger partial charge is 0.0633 e. The van der Waals surface area contributed by atoms with Gasteiger partial charge in [-0.05, 0) is 94.5 Å². The highest BCUT2D eigenvalue weighted by Gasteiger charge is 2.35. The average Bonchev–Trinajstić information content (AvgIpc) is 3.36. The van der Waals surface area contributed by atoms with E-state index < -0.39 is 0 Å². The van der Waals surface area contributed by atoms with Crippen LogP contribution in [-0.4, -0.2) is 5.71 Å². The Morgan fingerprint density at radius 2 is 1.14 bits per heavy atom. The zero-order valence-corrected chi connectivity index (χ0v) is 29.7. The van der Waals surface area contributed by atoms with E-state index in [1.54, 1.807) is 0 Å². The van der Waals surface area contributed by atoms with E-state index in [1.807, 2.05) is 50.2 Å². The lowest BCUT2D eigenvalue weighted by Gasteiger charge is -2.22. The van der Waals surface area contributed by atoms with Gasteiger partial charge in [-0.15, -0.1) is 0 Å². The van der Waals surface area contributed by atoms with Gasteiger partial charge in [-0.1, -0.05) is 166 Å². The van der Waals surface area contributed by atoms with Crippen LogP contribution in [0.1, 0.15) is 66.6 Å². The summed E-state index contributed by atoms with van der Waals surface area (Å²) in [6, 6.07) is 51.0. The Kier molecular flexibility index (Phi) is 10.1. The molecule has 7 rings (SSSR count). The van der Waals surface area contributed by atoms with Crippen LogP contribution < -0.4 is 5.73 Å². The number of rotatable bonds is 8. The molecule has 0 saturated heterocycles. The lowest BCUT2D eigenvalue weighted by molar-refractivity contribution is 0.661. The highest BCUT2D eigenvalue weighted by atomic mass is 14.7. The van der Waals surface area contributed by atoms with Gasteiger partial charge in [-0.25, -0.2) is 0 Å². The van der Waals surface area contributed by atoms with Gasteiger partial charge >= 0.3 is 0 Å². The van der Waals surface area contributed by atoms with Crippen molar-refractivity contribution in [1.29, 1.82) is 0 Å². The van der Waals surface area contributed by atoms with Crippen molar-refractivity contribution >= 4 is 22.7 Å². The van der Waals surface area contributed by atoms with E-state index in [0.717, 1.165) is 52.2 Å². The van der Waals surface area contributed by atoms with Crippen molar-refractivity contribution in [3.63, 3.8) is 0 Å². The quantitative estimate of drug-likeness (QED) is 0.129. The highest BCUT2D eigenvalue weighted by molar-refractivity contribution is 6.01. The largest absolute Gasteiger partial charge is 0.398 e. The van der Waals surface area contributed by atoms with Gasteiger partial charge in [0.1, 0.15) is 0 Å². The van der Waals surface area contributed by atoms with Crippen LogP contribution in [0.5, 0.6) is 0 Å². The fourth-order valence-corrected chi connectivity index (χ4v) is 6.88. The van der Waals surface area contributed by atoms with E-state index in [0.29, 0.717) is 0 Å². The van der Waals surface area contributed by atoms with Crippen molar-refractivity contribution < 1.29 is 0 Å². The Hall–Kier alpha value is -5.73. The molecule has 1 aliphatic carbocycles. The van der Waals surface area contributed by atoms with E-state index >= 15 is 0 Å². The molecule has 0 atom stereocenters. The van der Waals surface area contributed by atoms with Gasteiger partial charge in [0, 0.05) is 22.4 Å². The summed E-state index contributed by atoms with van der Waals surface area (Å²) in [6.45, 7) is 16.7.